The molecule has 0 unspecified atom stereocenters. The van der Waals surface area contributed by atoms with E-state index in [2.05, 4.69) is 15.0 Å². The van der Waals surface area contributed by atoms with Gasteiger partial charge in [0, 0.05) is 13.1 Å². The third-order valence-corrected chi connectivity index (χ3v) is 2.07. The van der Waals surface area contributed by atoms with Crippen LogP contribution in [0.1, 0.15) is 9.81 Å². The van der Waals surface area contributed by atoms with Gasteiger partial charge in [-0.05, 0) is 6.07 Å². The third-order valence-electron chi connectivity index (χ3n) is 1.37. The molecule has 0 amide bonds. The van der Waals surface area contributed by atoms with Crippen LogP contribution in [0.15, 0.2) is 12.1 Å². The lowest BCUT2D eigenvalue weighted by molar-refractivity contribution is 0.397. The molecule has 70 valence electrons. The normalized spacial score (nSPS) is 13.8. The lowest BCUT2D eigenvalue weighted by Crippen LogP contribution is -2.18. The zero-order chi connectivity index (χ0) is 12.3. The van der Waals surface area contributed by atoms with E-state index in [1.807, 2.05) is 0 Å². The van der Waals surface area contributed by atoms with E-state index in [0.29, 0.717) is 15.7 Å². The maximum atomic E-state index is 6.94. The van der Waals surface area contributed by atoms with Crippen LogP contribution in [0.3, 0.4) is 0 Å². The van der Waals surface area contributed by atoms with Gasteiger partial charge in [-0.15, -0.1) is 0 Å². The third kappa shape index (κ3) is 2.29. The van der Waals surface area contributed by atoms with Gasteiger partial charge in [-0.3, -0.25) is 0 Å². The molecule has 5 heteroatoms. The minimum atomic E-state index is -2.54. The van der Waals surface area contributed by atoms with Gasteiger partial charge in [0.25, 0.3) is 0 Å². The summed E-state index contributed by atoms with van der Waals surface area (Å²) >= 11 is 10.8. The fourth-order valence-electron chi connectivity index (χ4n) is 0.759. The Morgan fingerprint density at radius 2 is 2.54 bits per heavy atom. The summed E-state index contributed by atoms with van der Waals surface area (Å²) in [6.07, 6.45) is 0. The molecule has 3 nitrogen and oxygen atoms in total. The molecule has 0 aliphatic heterocycles. The second-order valence-corrected chi connectivity index (χ2v) is 2.98. The van der Waals surface area contributed by atoms with Crippen molar-refractivity contribution in [3.8, 4) is 5.88 Å². The molecule has 0 bridgehead atoms. The van der Waals surface area contributed by atoms with Gasteiger partial charge < -0.3 is 10.1 Å². The molecule has 0 aliphatic rings. The van der Waals surface area contributed by atoms with Crippen LogP contribution in [0, 0.1) is 0 Å². The number of methoxy groups -OCH3 is 1. The van der Waals surface area contributed by atoms with E-state index in [0.717, 1.165) is 0 Å². The summed E-state index contributed by atoms with van der Waals surface area (Å²) in [5.41, 5.74) is 0.293. The van der Waals surface area contributed by atoms with Crippen molar-refractivity contribution in [1.29, 1.82) is 0 Å². The number of ether oxygens (including phenoxy) is 1. The van der Waals surface area contributed by atoms with Crippen molar-refractivity contribution in [2.24, 2.45) is 0 Å². The number of aromatic nitrogens is 1. The summed E-state index contributed by atoms with van der Waals surface area (Å²) in [4.78, 5) is 4.23. The number of nitrogens with one attached hydrogen (secondary N) is 1. The van der Waals surface area contributed by atoms with Crippen molar-refractivity contribution in [3.63, 3.8) is 0 Å². The van der Waals surface area contributed by atoms with Crippen LogP contribution < -0.4 is 10.1 Å². The van der Waals surface area contributed by atoms with Crippen LogP contribution in [0.5, 0.6) is 5.88 Å². The van der Waals surface area contributed by atoms with Gasteiger partial charge in [0.05, 0.1) is 16.2 Å². The SMILES string of the molecule is [2H]C([2H])([2H])Oc1ccc(Cl)c(C(=S)NC)n1. The molecule has 0 saturated carbocycles. The predicted octanol–water partition coefficient (Wildman–Crippen LogP) is 1.64. The number of rotatable bonds is 2. The van der Waals surface area contributed by atoms with Gasteiger partial charge in [0.1, 0.15) is 10.7 Å². The molecule has 1 rings (SSSR count). The molecule has 0 fully saturated rings. The first-order valence-corrected chi connectivity index (χ1v) is 4.20. The lowest BCUT2D eigenvalue weighted by atomic mass is 10.3. The Hall–Kier alpha value is -0.870. The summed E-state index contributed by atoms with van der Waals surface area (Å²) < 4.78 is 25.4. The van der Waals surface area contributed by atoms with Crippen molar-refractivity contribution < 1.29 is 8.85 Å². The van der Waals surface area contributed by atoms with Gasteiger partial charge in [-0.1, -0.05) is 23.8 Å². The van der Waals surface area contributed by atoms with Gasteiger partial charge in [-0.2, -0.15) is 0 Å². The van der Waals surface area contributed by atoms with Crippen LogP contribution >= 0.6 is 23.8 Å². The Kier molecular flexibility index (Phi) is 2.22. The highest BCUT2D eigenvalue weighted by Gasteiger charge is 2.07. The van der Waals surface area contributed by atoms with E-state index in [1.165, 1.54) is 12.1 Å². The average molecular weight is 220 g/mol. The summed E-state index contributed by atoms with van der Waals surface area (Å²) in [7, 11) is -0.920. The fraction of sp³-hybridized carbons (Fsp3) is 0.250. The van der Waals surface area contributed by atoms with E-state index in [-0.39, 0.29) is 5.88 Å². The topological polar surface area (TPSA) is 34.1 Å². The van der Waals surface area contributed by atoms with Crippen molar-refractivity contribution >= 4 is 28.8 Å². The molecule has 1 aromatic rings. The van der Waals surface area contributed by atoms with Gasteiger partial charge in [0.2, 0.25) is 5.88 Å². The quantitative estimate of drug-likeness (QED) is 0.767. The number of pyridine rings is 1. The molecule has 0 aromatic carbocycles. The van der Waals surface area contributed by atoms with Crippen molar-refractivity contribution in [2.75, 3.05) is 14.1 Å². The fourth-order valence-corrected chi connectivity index (χ4v) is 1.17. The monoisotopic (exact) mass is 219 g/mol. The molecule has 0 saturated heterocycles. The molecule has 0 aliphatic carbocycles. The first kappa shape index (κ1) is 6.56. The van der Waals surface area contributed by atoms with Crippen molar-refractivity contribution in [3.05, 3.63) is 22.8 Å². The zero-order valence-electron chi connectivity index (χ0n) is 9.80. The Bertz CT molecular complexity index is 411. The van der Waals surface area contributed by atoms with Crippen molar-refractivity contribution in [1.82, 2.24) is 10.3 Å². The van der Waals surface area contributed by atoms with E-state index < -0.39 is 7.04 Å². The minimum absolute atomic E-state index is 0.0444. The van der Waals surface area contributed by atoms with Crippen LogP contribution in [-0.4, -0.2) is 24.1 Å². The average Bonchev–Trinajstić information content (AvgIpc) is 2.18. The number of thiocarbonyl (C=S) groups is 1. The minimum Gasteiger partial charge on any atom is -0.481 e. The Balaban J connectivity index is 3.03. The Morgan fingerprint density at radius 3 is 3.15 bits per heavy atom. The number of halogens is 1. The number of hydrogen-bond acceptors (Lipinski definition) is 3. The Morgan fingerprint density at radius 1 is 1.77 bits per heavy atom. The molecular weight excluding hydrogens is 208 g/mol. The molecule has 0 spiro atoms. The van der Waals surface area contributed by atoms with Gasteiger partial charge in [-0.25, -0.2) is 4.98 Å². The largest absolute Gasteiger partial charge is 0.481 e. The van der Waals surface area contributed by atoms with Crippen LogP contribution in [0.2, 0.25) is 5.02 Å². The van der Waals surface area contributed by atoms with E-state index in [9.17, 15) is 0 Å². The summed E-state index contributed by atoms with van der Waals surface area (Å²) in [5, 5.41) is 3.03. The second kappa shape index (κ2) is 4.39. The highest BCUT2D eigenvalue weighted by Crippen LogP contribution is 2.17. The molecule has 0 atom stereocenters. The van der Waals surface area contributed by atoms with E-state index in [4.69, 9.17) is 27.9 Å². The second-order valence-electron chi connectivity index (χ2n) is 2.16. The lowest BCUT2D eigenvalue weighted by Gasteiger charge is -2.06. The van der Waals surface area contributed by atoms with E-state index in [1.54, 1.807) is 7.05 Å². The van der Waals surface area contributed by atoms with Crippen LogP contribution in [-0.2, 0) is 0 Å². The first-order chi connectivity index (χ1) is 7.33. The molecule has 0 radical (unpaired) electrons. The summed E-state index contributed by atoms with van der Waals surface area (Å²) in [6.45, 7) is 0. The summed E-state index contributed by atoms with van der Waals surface area (Å²) in [6, 6.07) is 2.85. The van der Waals surface area contributed by atoms with Crippen molar-refractivity contribution in [2.45, 2.75) is 0 Å². The molecular formula is C8H9ClN2OS. The maximum absolute atomic E-state index is 6.94. The number of hydrogen-bond donors (Lipinski definition) is 1. The van der Waals surface area contributed by atoms with Crippen LogP contribution in [0.4, 0.5) is 0 Å². The number of nitrogens with zero attached hydrogens (tertiary/aromatic N) is 1. The Labute approximate surface area is 91.3 Å². The molecule has 1 heterocycles. The summed E-state index contributed by atoms with van der Waals surface area (Å²) in [5.74, 6) is -0.0444. The molecule has 1 aromatic heterocycles. The van der Waals surface area contributed by atoms with Crippen LogP contribution in [0.25, 0.3) is 0 Å². The van der Waals surface area contributed by atoms with Gasteiger partial charge in [0.15, 0.2) is 0 Å². The molecule has 13 heavy (non-hydrogen) atoms. The first-order valence-electron chi connectivity index (χ1n) is 4.91. The highest BCUT2D eigenvalue weighted by molar-refractivity contribution is 7.80. The van der Waals surface area contributed by atoms with Gasteiger partial charge >= 0.3 is 0 Å². The standard InChI is InChI=1S/C8H9ClN2OS/c1-10-8(13)7-5(9)3-4-6(11-7)12-2/h3-4H,1-2H3,(H,10,13)/i2D3. The zero-order valence-corrected chi connectivity index (χ0v) is 8.37. The highest BCUT2D eigenvalue weighted by atomic mass is 35.5. The predicted molar refractivity (Wildman–Crippen MR) is 56.6 cm³/mol. The molecule has 1 N–H and O–H groups in total. The smallest absolute Gasteiger partial charge is 0.213 e. The van der Waals surface area contributed by atoms with E-state index >= 15 is 0 Å². The maximum Gasteiger partial charge on any atom is 0.213 e.